The first-order valence-corrected chi connectivity index (χ1v) is 6.53. The fourth-order valence-electron chi connectivity index (χ4n) is 2.31. The second-order valence-electron chi connectivity index (χ2n) is 4.38. The molecule has 4 nitrogen and oxygen atoms in total. The topological polar surface area (TPSA) is 56.7 Å². The number of hydrogen-bond donors (Lipinski definition) is 1. The van der Waals surface area contributed by atoms with Crippen LogP contribution in [0.25, 0.3) is 11.0 Å². The molecule has 2 aromatic rings. The maximum atomic E-state index is 5.91. The number of anilines is 1. The van der Waals surface area contributed by atoms with Crippen LogP contribution in [0.5, 0.6) is 0 Å². The van der Waals surface area contributed by atoms with Crippen LogP contribution in [0.4, 0.5) is 5.82 Å². The molecule has 2 aromatic heterocycles. The average molecular weight is 328 g/mol. The molecule has 1 aliphatic carbocycles. The monoisotopic (exact) mass is 328 g/mol. The second kappa shape index (κ2) is 3.32. The van der Waals surface area contributed by atoms with Gasteiger partial charge in [-0.15, -0.1) is 0 Å². The van der Waals surface area contributed by atoms with Gasteiger partial charge in [-0.2, -0.15) is 0 Å². The standard InChI is InChI=1S/C11H13IN4/c1-2-11(3-4-11)16-5-7(12)8-9(13)14-6-15-10(8)16/h5-6H,2-4H2,1H3,(H2,13,14,15). The van der Waals surface area contributed by atoms with Crippen LogP contribution in [-0.4, -0.2) is 14.5 Å². The molecule has 16 heavy (non-hydrogen) atoms. The van der Waals surface area contributed by atoms with Gasteiger partial charge in [-0.25, -0.2) is 9.97 Å². The highest BCUT2D eigenvalue weighted by atomic mass is 127. The van der Waals surface area contributed by atoms with E-state index in [0.717, 1.165) is 21.0 Å². The van der Waals surface area contributed by atoms with Crippen molar-refractivity contribution < 1.29 is 0 Å². The van der Waals surface area contributed by atoms with Gasteiger partial charge in [-0.05, 0) is 41.9 Å². The van der Waals surface area contributed by atoms with Crippen LogP contribution in [0.2, 0.25) is 0 Å². The van der Waals surface area contributed by atoms with Gasteiger partial charge in [0.25, 0.3) is 0 Å². The molecule has 84 valence electrons. The number of rotatable bonds is 2. The third-order valence-electron chi connectivity index (χ3n) is 3.56. The van der Waals surface area contributed by atoms with E-state index in [1.54, 1.807) is 6.33 Å². The number of fused-ring (bicyclic) bond motifs is 1. The Morgan fingerprint density at radius 2 is 2.25 bits per heavy atom. The minimum Gasteiger partial charge on any atom is -0.383 e. The van der Waals surface area contributed by atoms with Gasteiger partial charge < -0.3 is 10.3 Å². The Bertz CT molecular complexity index is 556. The Hall–Kier alpha value is -0.850. The van der Waals surface area contributed by atoms with Crippen molar-refractivity contribution in [2.75, 3.05) is 5.73 Å². The van der Waals surface area contributed by atoms with Crippen LogP contribution in [0.1, 0.15) is 26.2 Å². The summed E-state index contributed by atoms with van der Waals surface area (Å²) < 4.78 is 3.44. The lowest BCUT2D eigenvalue weighted by molar-refractivity contribution is 0.477. The van der Waals surface area contributed by atoms with Crippen LogP contribution in [0.15, 0.2) is 12.5 Å². The molecule has 0 saturated heterocycles. The summed E-state index contributed by atoms with van der Waals surface area (Å²) in [6.45, 7) is 2.23. The summed E-state index contributed by atoms with van der Waals surface area (Å²) in [7, 11) is 0. The van der Waals surface area contributed by atoms with Crippen molar-refractivity contribution in [2.45, 2.75) is 31.7 Å². The predicted molar refractivity (Wildman–Crippen MR) is 72.2 cm³/mol. The third-order valence-corrected chi connectivity index (χ3v) is 4.38. The molecule has 2 N–H and O–H groups in total. The van der Waals surface area contributed by atoms with Gasteiger partial charge in [0, 0.05) is 15.3 Å². The highest BCUT2D eigenvalue weighted by Crippen LogP contribution is 2.48. The predicted octanol–water partition coefficient (Wildman–Crippen LogP) is 2.52. The fraction of sp³-hybridized carbons (Fsp3) is 0.455. The molecule has 0 unspecified atom stereocenters. The summed E-state index contributed by atoms with van der Waals surface area (Å²) in [5.41, 5.74) is 7.18. The van der Waals surface area contributed by atoms with Crippen molar-refractivity contribution >= 4 is 39.4 Å². The summed E-state index contributed by atoms with van der Waals surface area (Å²) in [5.74, 6) is 0.583. The number of nitrogens with zero attached hydrogens (tertiary/aromatic N) is 3. The number of nitrogens with two attached hydrogens (primary N) is 1. The molecule has 2 heterocycles. The molecule has 0 radical (unpaired) electrons. The molecule has 0 aromatic carbocycles. The molecular formula is C11H13IN4. The Kier molecular flexibility index (Phi) is 2.14. The zero-order valence-electron chi connectivity index (χ0n) is 9.07. The van der Waals surface area contributed by atoms with E-state index in [1.165, 1.54) is 12.8 Å². The molecule has 0 bridgehead atoms. The van der Waals surface area contributed by atoms with Gasteiger partial charge in [-0.1, -0.05) is 6.92 Å². The van der Waals surface area contributed by atoms with Crippen LogP contribution >= 0.6 is 22.6 Å². The van der Waals surface area contributed by atoms with E-state index in [0.29, 0.717) is 11.4 Å². The van der Waals surface area contributed by atoms with E-state index in [9.17, 15) is 0 Å². The van der Waals surface area contributed by atoms with Gasteiger partial charge in [-0.3, -0.25) is 0 Å². The zero-order chi connectivity index (χ0) is 11.3. The van der Waals surface area contributed by atoms with Gasteiger partial charge in [0.2, 0.25) is 0 Å². The van der Waals surface area contributed by atoms with E-state index in [1.807, 2.05) is 0 Å². The minimum absolute atomic E-state index is 0.294. The molecule has 1 aliphatic rings. The lowest BCUT2D eigenvalue weighted by atomic mass is 10.2. The first kappa shape index (κ1) is 10.3. The van der Waals surface area contributed by atoms with Crippen LogP contribution < -0.4 is 5.73 Å². The first-order chi connectivity index (χ1) is 7.68. The van der Waals surface area contributed by atoms with Gasteiger partial charge >= 0.3 is 0 Å². The highest BCUT2D eigenvalue weighted by Gasteiger charge is 2.43. The van der Waals surface area contributed by atoms with Crippen molar-refractivity contribution in [1.82, 2.24) is 14.5 Å². The maximum absolute atomic E-state index is 5.91. The Labute approximate surface area is 107 Å². The number of hydrogen-bond acceptors (Lipinski definition) is 3. The number of nitrogen functional groups attached to an aromatic ring is 1. The quantitative estimate of drug-likeness (QED) is 0.862. The second-order valence-corrected chi connectivity index (χ2v) is 5.54. The molecule has 5 heteroatoms. The lowest BCUT2D eigenvalue weighted by Crippen LogP contribution is -2.15. The maximum Gasteiger partial charge on any atom is 0.147 e. The third kappa shape index (κ3) is 1.27. The normalized spacial score (nSPS) is 17.9. The van der Waals surface area contributed by atoms with E-state index in [2.05, 4.69) is 50.2 Å². The first-order valence-electron chi connectivity index (χ1n) is 5.45. The van der Waals surface area contributed by atoms with Crippen molar-refractivity contribution in [3.63, 3.8) is 0 Å². The summed E-state index contributed by atoms with van der Waals surface area (Å²) in [4.78, 5) is 8.44. The van der Waals surface area contributed by atoms with Gasteiger partial charge in [0.05, 0.1) is 5.39 Å². The SMILES string of the molecule is CCC1(n2cc(I)c3c(N)ncnc32)CC1. The van der Waals surface area contributed by atoms with Crippen molar-refractivity contribution in [1.29, 1.82) is 0 Å². The van der Waals surface area contributed by atoms with E-state index >= 15 is 0 Å². The van der Waals surface area contributed by atoms with Crippen molar-refractivity contribution in [2.24, 2.45) is 0 Å². The van der Waals surface area contributed by atoms with E-state index in [-0.39, 0.29) is 0 Å². The molecule has 1 fully saturated rings. The number of halogens is 1. The largest absolute Gasteiger partial charge is 0.383 e. The van der Waals surface area contributed by atoms with Crippen LogP contribution in [-0.2, 0) is 5.54 Å². The molecule has 0 spiro atoms. The highest BCUT2D eigenvalue weighted by molar-refractivity contribution is 14.1. The Morgan fingerprint density at radius 1 is 1.50 bits per heavy atom. The van der Waals surface area contributed by atoms with Crippen LogP contribution in [0.3, 0.4) is 0 Å². The lowest BCUT2D eigenvalue weighted by Gasteiger charge is -2.15. The average Bonchev–Trinajstić information content (AvgIpc) is 2.99. The van der Waals surface area contributed by atoms with Crippen molar-refractivity contribution in [3.05, 3.63) is 16.1 Å². The summed E-state index contributed by atoms with van der Waals surface area (Å²) in [5, 5.41) is 1.00. The molecule has 0 atom stereocenters. The molecular weight excluding hydrogens is 315 g/mol. The smallest absolute Gasteiger partial charge is 0.147 e. The van der Waals surface area contributed by atoms with Crippen LogP contribution in [0, 0.1) is 3.57 Å². The van der Waals surface area contributed by atoms with Crippen molar-refractivity contribution in [3.8, 4) is 0 Å². The molecule has 1 saturated carbocycles. The molecule has 3 rings (SSSR count). The Balaban J connectivity index is 2.31. The zero-order valence-corrected chi connectivity index (χ0v) is 11.2. The summed E-state index contributed by atoms with van der Waals surface area (Å²) >= 11 is 2.31. The van der Waals surface area contributed by atoms with E-state index in [4.69, 9.17) is 5.73 Å². The fourth-order valence-corrected chi connectivity index (χ4v) is 3.11. The molecule has 0 aliphatic heterocycles. The molecule has 0 amide bonds. The van der Waals surface area contributed by atoms with Gasteiger partial charge in [0.1, 0.15) is 17.8 Å². The summed E-state index contributed by atoms with van der Waals surface area (Å²) in [6.07, 6.45) is 7.35. The van der Waals surface area contributed by atoms with Gasteiger partial charge in [0.15, 0.2) is 0 Å². The summed E-state index contributed by atoms with van der Waals surface area (Å²) in [6, 6.07) is 0. The van der Waals surface area contributed by atoms with E-state index < -0.39 is 0 Å². The Morgan fingerprint density at radius 3 is 2.88 bits per heavy atom. The minimum atomic E-state index is 0.294. The number of aromatic nitrogens is 3.